The average molecular weight is 140 g/mol. The van der Waals surface area contributed by atoms with E-state index >= 15 is 0 Å². The largest absolute Gasteiger partial charge is 0.429 e. The highest BCUT2D eigenvalue weighted by Crippen LogP contribution is 2.22. The molecule has 46 valence electrons. The Morgan fingerprint density at radius 2 is 2.56 bits per heavy atom. The fraction of sp³-hybridized carbons (Fsp3) is 0. The molecule has 0 unspecified atom stereocenters. The van der Waals surface area contributed by atoms with Gasteiger partial charge >= 0.3 is 0 Å². The zero-order valence-corrected chi connectivity index (χ0v) is 5.31. The molecule has 0 fully saturated rings. The molecule has 2 N–H and O–H groups in total. The van der Waals surface area contributed by atoms with Gasteiger partial charge in [-0.15, -0.1) is 0 Å². The van der Waals surface area contributed by atoms with E-state index in [0.717, 1.165) is 10.4 Å². The molecule has 2 heterocycles. The van der Waals surface area contributed by atoms with Gasteiger partial charge in [-0.2, -0.15) is 0 Å². The first-order chi connectivity index (χ1) is 4.36. The number of thiazole rings is 1. The first-order valence-corrected chi connectivity index (χ1v) is 3.33. The molecule has 9 heavy (non-hydrogen) atoms. The highest BCUT2D eigenvalue weighted by Gasteiger charge is 2.00. The van der Waals surface area contributed by atoms with Crippen LogP contribution in [0.25, 0.3) is 10.4 Å². The average Bonchev–Trinajstić information content (AvgIpc) is 2.22. The molecular weight excluding hydrogens is 136 g/mol. The van der Waals surface area contributed by atoms with Gasteiger partial charge in [-0.3, -0.25) is 0 Å². The number of rotatable bonds is 0. The summed E-state index contributed by atoms with van der Waals surface area (Å²) in [6, 6.07) is 1.71. The summed E-state index contributed by atoms with van der Waals surface area (Å²) in [7, 11) is 0. The van der Waals surface area contributed by atoms with E-state index in [2.05, 4.69) is 4.98 Å². The molecular formula is C5H4N2OS. The van der Waals surface area contributed by atoms with E-state index < -0.39 is 0 Å². The van der Waals surface area contributed by atoms with Crippen molar-refractivity contribution in [2.24, 2.45) is 0 Å². The van der Waals surface area contributed by atoms with Crippen molar-refractivity contribution in [1.82, 2.24) is 4.98 Å². The summed E-state index contributed by atoms with van der Waals surface area (Å²) in [4.78, 5) is 4.78. The predicted molar refractivity (Wildman–Crippen MR) is 36.3 cm³/mol. The maximum Gasteiger partial charge on any atom is 0.210 e. The molecule has 0 aliphatic heterocycles. The number of nitrogens with zero attached hydrogens (tertiary/aromatic N) is 1. The summed E-state index contributed by atoms with van der Waals surface area (Å²) in [5.41, 5.74) is 7.91. The number of nitrogen functional groups attached to an aromatic ring is 1. The van der Waals surface area contributed by atoms with E-state index in [1.165, 1.54) is 11.3 Å². The van der Waals surface area contributed by atoms with E-state index in [0.29, 0.717) is 5.88 Å². The van der Waals surface area contributed by atoms with E-state index in [1.54, 1.807) is 11.6 Å². The van der Waals surface area contributed by atoms with E-state index in [9.17, 15) is 0 Å². The fourth-order valence-electron chi connectivity index (χ4n) is 0.688. The van der Waals surface area contributed by atoms with Crippen molar-refractivity contribution in [1.29, 1.82) is 0 Å². The van der Waals surface area contributed by atoms with Gasteiger partial charge in [-0.1, -0.05) is 11.3 Å². The van der Waals surface area contributed by atoms with Gasteiger partial charge in [0.1, 0.15) is 5.52 Å². The molecule has 0 saturated carbocycles. The lowest BCUT2D eigenvalue weighted by Gasteiger charge is -1.73. The number of hydrogen-bond donors (Lipinski definition) is 1. The summed E-state index contributed by atoms with van der Waals surface area (Å²) < 4.78 is 5.04. The zero-order valence-electron chi connectivity index (χ0n) is 4.50. The number of fused-ring (bicyclic) bond motifs is 1. The minimum Gasteiger partial charge on any atom is -0.429 e. The van der Waals surface area contributed by atoms with Crippen molar-refractivity contribution < 1.29 is 4.42 Å². The van der Waals surface area contributed by atoms with Crippen molar-refractivity contribution >= 4 is 27.6 Å². The zero-order chi connectivity index (χ0) is 6.27. The highest BCUT2D eigenvalue weighted by molar-refractivity contribution is 7.16. The summed E-state index contributed by atoms with van der Waals surface area (Å²) in [6.45, 7) is 0. The summed E-state index contributed by atoms with van der Waals surface area (Å²) in [5, 5.41) is 0. The van der Waals surface area contributed by atoms with Crippen LogP contribution in [0.15, 0.2) is 16.0 Å². The Morgan fingerprint density at radius 3 is 3.33 bits per heavy atom. The highest BCUT2D eigenvalue weighted by atomic mass is 32.1. The third-order valence-corrected chi connectivity index (χ3v) is 1.77. The van der Waals surface area contributed by atoms with Crippen LogP contribution in [0.2, 0.25) is 0 Å². The van der Waals surface area contributed by atoms with Crippen LogP contribution < -0.4 is 5.73 Å². The topological polar surface area (TPSA) is 52.0 Å². The minimum absolute atomic E-state index is 0.435. The number of furan rings is 1. The predicted octanol–water partition coefficient (Wildman–Crippen LogP) is 1.47. The Labute approximate surface area is 55.1 Å². The molecule has 0 aliphatic carbocycles. The molecule has 0 aromatic carbocycles. The first kappa shape index (κ1) is 4.81. The molecule has 0 aliphatic rings. The van der Waals surface area contributed by atoms with Crippen molar-refractivity contribution in [3.8, 4) is 0 Å². The molecule has 0 amide bonds. The summed E-state index contributed by atoms with van der Waals surface area (Å²) >= 11 is 1.45. The second kappa shape index (κ2) is 1.48. The van der Waals surface area contributed by atoms with E-state index in [-0.39, 0.29) is 0 Å². The number of anilines is 1. The summed E-state index contributed by atoms with van der Waals surface area (Å²) in [5.74, 6) is 0.435. The van der Waals surface area contributed by atoms with Crippen LogP contribution in [0.3, 0.4) is 0 Å². The molecule has 4 heteroatoms. The number of aromatic nitrogens is 1. The third kappa shape index (κ3) is 0.598. The SMILES string of the molecule is Nc1cc2ncsc2o1. The molecule has 3 nitrogen and oxygen atoms in total. The smallest absolute Gasteiger partial charge is 0.210 e. The molecule has 0 radical (unpaired) electrons. The molecule has 2 aromatic heterocycles. The maximum atomic E-state index is 5.34. The lowest BCUT2D eigenvalue weighted by molar-refractivity contribution is 0.645. The molecule has 0 bridgehead atoms. The molecule has 2 rings (SSSR count). The molecule has 2 aromatic rings. The van der Waals surface area contributed by atoms with E-state index in [4.69, 9.17) is 10.2 Å². The quantitative estimate of drug-likeness (QED) is 0.602. The van der Waals surface area contributed by atoms with Gasteiger partial charge in [-0.25, -0.2) is 4.98 Å². The van der Waals surface area contributed by atoms with Gasteiger partial charge < -0.3 is 10.2 Å². The number of nitrogens with two attached hydrogens (primary N) is 1. The third-order valence-electron chi connectivity index (χ3n) is 1.05. The Morgan fingerprint density at radius 1 is 1.67 bits per heavy atom. The van der Waals surface area contributed by atoms with Gasteiger partial charge in [0.25, 0.3) is 0 Å². The molecule has 0 atom stereocenters. The van der Waals surface area contributed by atoms with Gasteiger partial charge in [0.05, 0.1) is 5.51 Å². The van der Waals surface area contributed by atoms with E-state index in [1.807, 2.05) is 0 Å². The van der Waals surface area contributed by atoms with Gasteiger partial charge in [-0.05, 0) is 0 Å². The Kier molecular flexibility index (Phi) is 0.790. The Bertz CT molecular complexity index is 296. The van der Waals surface area contributed by atoms with Crippen LogP contribution >= 0.6 is 11.3 Å². The maximum absolute atomic E-state index is 5.34. The second-order valence-electron chi connectivity index (χ2n) is 1.67. The van der Waals surface area contributed by atoms with Crippen molar-refractivity contribution in [2.45, 2.75) is 0 Å². The van der Waals surface area contributed by atoms with Crippen LogP contribution in [0, 0.1) is 0 Å². The lowest BCUT2D eigenvalue weighted by atomic mass is 10.6. The van der Waals surface area contributed by atoms with Crippen LogP contribution in [0.4, 0.5) is 5.88 Å². The fourth-order valence-corrected chi connectivity index (χ4v) is 1.33. The van der Waals surface area contributed by atoms with Gasteiger partial charge in [0.2, 0.25) is 4.90 Å². The number of hydrogen-bond acceptors (Lipinski definition) is 4. The van der Waals surface area contributed by atoms with Gasteiger partial charge in [0.15, 0.2) is 5.88 Å². The lowest BCUT2D eigenvalue weighted by Crippen LogP contribution is -1.75. The monoisotopic (exact) mass is 140 g/mol. The standard InChI is InChI=1S/C5H4N2OS/c6-4-1-3-5(8-4)9-2-7-3/h1-2H,6H2. The van der Waals surface area contributed by atoms with Crippen LogP contribution in [-0.4, -0.2) is 4.98 Å². The first-order valence-electron chi connectivity index (χ1n) is 2.45. The van der Waals surface area contributed by atoms with Crippen LogP contribution in [0.5, 0.6) is 0 Å². The van der Waals surface area contributed by atoms with Crippen molar-refractivity contribution in [3.63, 3.8) is 0 Å². The molecule has 0 saturated heterocycles. The Hall–Kier alpha value is -1.03. The Balaban J connectivity index is 2.92. The normalized spacial score (nSPS) is 10.7. The van der Waals surface area contributed by atoms with Crippen LogP contribution in [-0.2, 0) is 0 Å². The second-order valence-corrected chi connectivity index (χ2v) is 2.49. The van der Waals surface area contributed by atoms with Crippen molar-refractivity contribution in [3.05, 3.63) is 11.6 Å². The minimum atomic E-state index is 0.435. The molecule has 0 spiro atoms. The van der Waals surface area contributed by atoms with Crippen LogP contribution in [0.1, 0.15) is 0 Å². The summed E-state index contributed by atoms with van der Waals surface area (Å²) in [6.07, 6.45) is 0. The van der Waals surface area contributed by atoms with Crippen molar-refractivity contribution in [2.75, 3.05) is 5.73 Å². The van der Waals surface area contributed by atoms with Gasteiger partial charge in [0, 0.05) is 6.07 Å².